The number of aryl methyl sites for hydroxylation is 1. The highest BCUT2D eigenvalue weighted by Crippen LogP contribution is 2.20. The molecular weight excluding hydrogens is 266 g/mol. The van der Waals surface area contributed by atoms with Crippen LogP contribution in [0.1, 0.15) is 45.2 Å². The second-order valence-corrected chi connectivity index (χ2v) is 5.69. The average molecular weight is 291 g/mol. The Morgan fingerprint density at radius 1 is 1.38 bits per heavy atom. The summed E-state index contributed by atoms with van der Waals surface area (Å²) in [6, 6.07) is 3.72. The number of amides is 1. The third-order valence-electron chi connectivity index (χ3n) is 4.09. The quantitative estimate of drug-likeness (QED) is 0.836. The van der Waals surface area contributed by atoms with E-state index in [0.717, 1.165) is 37.9 Å². The molecule has 1 aromatic rings. The van der Waals surface area contributed by atoms with Crippen molar-refractivity contribution in [3.8, 4) is 5.88 Å². The van der Waals surface area contributed by atoms with Gasteiger partial charge in [-0.2, -0.15) is 5.10 Å². The van der Waals surface area contributed by atoms with E-state index in [1.165, 1.54) is 0 Å². The highest BCUT2D eigenvalue weighted by Gasteiger charge is 2.28. The summed E-state index contributed by atoms with van der Waals surface area (Å²) in [7, 11) is 0. The van der Waals surface area contributed by atoms with E-state index in [4.69, 9.17) is 4.74 Å². The van der Waals surface area contributed by atoms with Gasteiger partial charge in [0, 0.05) is 18.5 Å². The van der Waals surface area contributed by atoms with Gasteiger partial charge in [0.25, 0.3) is 0 Å². The molecule has 0 radical (unpaired) electrons. The molecule has 5 nitrogen and oxygen atoms in total. The van der Waals surface area contributed by atoms with E-state index in [0.29, 0.717) is 12.4 Å². The highest BCUT2D eigenvalue weighted by molar-refractivity contribution is 5.78. The Hall–Kier alpha value is -1.65. The van der Waals surface area contributed by atoms with Crippen molar-refractivity contribution in [1.29, 1.82) is 0 Å². The molecule has 0 aromatic carbocycles. The maximum atomic E-state index is 12.4. The van der Waals surface area contributed by atoms with E-state index < -0.39 is 0 Å². The summed E-state index contributed by atoms with van der Waals surface area (Å²) in [5, 5.41) is 8.03. The van der Waals surface area contributed by atoms with E-state index in [1.807, 2.05) is 24.0 Å². The summed E-state index contributed by atoms with van der Waals surface area (Å²) in [6.07, 6.45) is 3.77. The van der Waals surface area contributed by atoms with Crippen molar-refractivity contribution in [1.82, 2.24) is 15.1 Å². The van der Waals surface area contributed by atoms with Gasteiger partial charge in [-0.05, 0) is 38.7 Å². The van der Waals surface area contributed by atoms with Crippen LogP contribution in [-0.2, 0) is 4.79 Å². The molecule has 0 N–H and O–H groups in total. The summed E-state index contributed by atoms with van der Waals surface area (Å²) in [5.74, 6) is 0.952. The van der Waals surface area contributed by atoms with Gasteiger partial charge < -0.3 is 9.64 Å². The van der Waals surface area contributed by atoms with E-state index in [9.17, 15) is 4.79 Å². The van der Waals surface area contributed by atoms with E-state index in [-0.39, 0.29) is 17.9 Å². The minimum atomic E-state index is 0.0223. The lowest BCUT2D eigenvalue weighted by atomic mass is 9.99. The maximum Gasteiger partial charge on any atom is 0.233 e. The Balaban J connectivity index is 1.94. The molecule has 2 heterocycles. The number of piperidine rings is 1. The molecule has 1 atom stereocenters. The number of hydrogen-bond donors (Lipinski definition) is 0. The van der Waals surface area contributed by atoms with E-state index >= 15 is 0 Å². The third-order valence-corrected chi connectivity index (χ3v) is 4.09. The van der Waals surface area contributed by atoms with Crippen molar-refractivity contribution < 1.29 is 9.53 Å². The monoisotopic (exact) mass is 291 g/mol. The van der Waals surface area contributed by atoms with Crippen molar-refractivity contribution in [3.05, 3.63) is 17.8 Å². The fourth-order valence-electron chi connectivity index (χ4n) is 2.75. The van der Waals surface area contributed by atoms with Crippen molar-refractivity contribution in [2.75, 3.05) is 13.1 Å². The normalized spacial score (nSPS) is 18.9. The molecule has 0 spiro atoms. The Morgan fingerprint density at radius 2 is 2.14 bits per heavy atom. The lowest BCUT2D eigenvalue weighted by Gasteiger charge is -2.34. The number of aromatic nitrogens is 2. The van der Waals surface area contributed by atoms with E-state index in [2.05, 4.69) is 24.0 Å². The first kappa shape index (κ1) is 15.7. The molecule has 1 unspecified atom stereocenters. The average Bonchev–Trinajstić information content (AvgIpc) is 2.51. The number of nitrogens with zero attached hydrogens (tertiary/aromatic N) is 3. The van der Waals surface area contributed by atoms with Gasteiger partial charge in [-0.1, -0.05) is 13.8 Å². The van der Waals surface area contributed by atoms with Crippen LogP contribution in [-0.4, -0.2) is 40.2 Å². The van der Waals surface area contributed by atoms with Gasteiger partial charge in [-0.15, -0.1) is 5.10 Å². The van der Waals surface area contributed by atoms with Crippen LogP contribution >= 0.6 is 0 Å². The van der Waals surface area contributed by atoms with Crippen LogP contribution in [0.15, 0.2) is 12.1 Å². The van der Waals surface area contributed by atoms with Gasteiger partial charge in [-0.3, -0.25) is 4.79 Å². The molecule has 0 bridgehead atoms. The van der Waals surface area contributed by atoms with Gasteiger partial charge >= 0.3 is 0 Å². The molecule has 1 aromatic heterocycles. The summed E-state index contributed by atoms with van der Waals surface area (Å²) < 4.78 is 5.87. The summed E-state index contributed by atoms with van der Waals surface area (Å²) in [4.78, 5) is 14.4. The first-order valence-corrected chi connectivity index (χ1v) is 7.89. The van der Waals surface area contributed by atoms with Crippen LogP contribution < -0.4 is 4.74 Å². The van der Waals surface area contributed by atoms with Crippen LogP contribution in [0.4, 0.5) is 0 Å². The second kappa shape index (κ2) is 7.38. The zero-order chi connectivity index (χ0) is 15.2. The number of likely N-dealkylation sites (tertiary alicyclic amines) is 1. The molecule has 116 valence electrons. The van der Waals surface area contributed by atoms with Gasteiger partial charge in [0.2, 0.25) is 11.8 Å². The molecule has 21 heavy (non-hydrogen) atoms. The fourth-order valence-corrected chi connectivity index (χ4v) is 2.75. The lowest BCUT2D eigenvalue weighted by Crippen LogP contribution is -2.46. The van der Waals surface area contributed by atoms with Gasteiger partial charge in [0.1, 0.15) is 6.10 Å². The minimum Gasteiger partial charge on any atom is -0.471 e. The smallest absolute Gasteiger partial charge is 0.233 e. The second-order valence-electron chi connectivity index (χ2n) is 5.69. The number of ether oxygens (including phenoxy) is 1. The fraction of sp³-hybridized carbons (Fsp3) is 0.688. The molecule has 1 aliphatic rings. The third kappa shape index (κ3) is 4.16. The summed E-state index contributed by atoms with van der Waals surface area (Å²) >= 11 is 0. The van der Waals surface area contributed by atoms with Gasteiger partial charge in [-0.25, -0.2) is 0 Å². The van der Waals surface area contributed by atoms with Crippen molar-refractivity contribution in [2.45, 2.75) is 52.6 Å². The first-order chi connectivity index (χ1) is 10.1. The van der Waals surface area contributed by atoms with Crippen LogP contribution in [0.2, 0.25) is 0 Å². The first-order valence-electron chi connectivity index (χ1n) is 7.89. The number of hydrogen-bond acceptors (Lipinski definition) is 4. The topological polar surface area (TPSA) is 55.3 Å². The maximum absolute atomic E-state index is 12.4. The lowest BCUT2D eigenvalue weighted by molar-refractivity contribution is -0.138. The van der Waals surface area contributed by atoms with E-state index in [1.54, 1.807) is 0 Å². The van der Waals surface area contributed by atoms with Crippen molar-refractivity contribution >= 4 is 5.91 Å². The molecule has 0 saturated carbocycles. The Morgan fingerprint density at radius 3 is 2.76 bits per heavy atom. The number of carbonyl (C=O) groups is 1. The van der Waals surface area contributed by atoms with Gasteiger partial charge in [0.05, 0.1) is 12.2 Å². The van der Waals surface area contributed by atoms with Crippen LogP contribution in [0.25, 0.3) is 0 Å². The highest BCUT2D eigenvalue weighted by atomic mass is 16.5. The molecule has 5 heteroatoms. The van der Waals surface area contributed by atoms with Crippen molar-refractivity contribution in [3.63, 3.8) is 0 Å². The summed E-state index contributed by atoms with van der Waals surface area (Å²) in [5.41, 5.74) is 0.872. The molecular formula is C16H25N3O2. The SMILES string of the molecule is CCC(CC)C(=O)N1CCCC(Oc2ccc(C)nn2)C1. The van der Waals surface area contributed by atoms with Gasteiger partial charge in [0.15, 0.2) is 0 Å². The molecule has 1 amide bonds. The predicted molar refractivity (Wildman–Crippen MR) is 81.1 cm³/mol. The Bertz CT molecular complexity index is 457. The van der Waals surface area contributed by atoms with Crippen molar-refractivity contribution in [2.24, 2.45) is 5.92 Å². The molecule has 1 aliphatic heterocycles. The molecule has 1 fully saturated rings. The Labute approximate surface area is 126 Å². The number of carbonyl (C=O) groups excluding carboxylic acids is 1. The molecule has 2 rings (SSSR count). The summed E-state index contributed by atoms with van der Waals surface area (Å²) in [6.45, 7) is 7.55. The number of rotatable bonds is 5. The van der Waals surface area contributed by atoms with Crippen LogP contribution in [0, 0.1) is 12.8 Å². The van der Waals surface area contributed by atoms with Crippen LogP contribution in [0.5, 0.6) is 5.88 Å². The zero-order valence-corrected chi connectivity index (χ0v) is 13.2. The van der Waals surface area contributed by atoms with Crippen LogP contribution in [0.3, 0.4) is 0 Å². The molecule has 1 saturated heterocycles. The predicted octanol–water partition coefficient (Wildman–Crippen LogP) is 2.59. The standard InChI is InChI=1S/C16H25N3O2/c1-4-13(5-2)16(20)19-10-6-7-14(11-19)21-15-9-8-12(3)17-18-15/h8-9,13-14H,4-7,10-11H2,1-3H3. The Kier molecular flexibility index (Phi) is 5.53. The zero-order valence-electron chi connectivity index (χ0n) is 13.2. The molecule has 0 aliphatic carbocycles. The largest absolute Gasteiger partial charge is 0.471 e. The minimum absolute atomic E-state index is 0.0223.